The van der Waals surface area contributed by atoms with E-state index in [2.05, 4.69) is 75.5 Å². The van der Waals surface area contributed by atoms with Gasteiger partial charge in [-0.2, -0.15) is 0 Å². The fourth-order valence-electron chi connectivity index (χ4n) is 14.1. The molecule has 0 aliphatic heterocycles. The first kappa shape index (κ1) is 80.2. The highest BCUT2D eigenvalue weighted by Gasteiger charge is 2.35. The molecule has 12 aliphatic rings. The summed E-state index contributed by atoms with van der Waals surface area (Å²) in [5.74, 6) is 14.5. The van der Waals surface area contributed by atoms with E-state index < -0.39 is 0 Å². The SMILES string of the molecule is C1=CC2CCC1C2.C1=CC2CCCC2CC1.C1CC2CCC1C2.CC.CC.CC.CC.CC.CC.CC.CC.CC.CC.CC1CC2CCCC2C1.CCC1C=CC2CCCCC2C1.CCC1CC=C2CC=CC2C1. The lowest BCUT2D eigenvalue weighted by Crippen LogP contribution is -2.23. The van der Waals surface area contributed by atoms with Gasteiger partial charge in [0.25, 0.3) is 0 Å². The van der Waals surface area contributed by atoms with Gasteiger partial charge < -0.3 is 0 Å². The second-order valence-corrected chi connectivity index (χ2v) is 21.5. The van der Waals surface area contributed by atoms with E-state index in [0.29, 0.717) is 0 Å². The van der Waals surface area contributed by atoms with Crippen LogP contribution in [0, 0.1) is 82.9 Å². The van der Waals surface area contributed by atoms with Crippen LogP contribution in [0.3, 0.4) is 0 Å². The molecule has 11 atom stereocenters. The van der Waals surface area contributed by atoms with Gasteiger partial charge in [-0.15, -0.1) is 0 Å². The summed E-state index contributed by atoms with van der Waals surface area (Å²) in [6.07, 6.45) is 63.1. The highest BCUT2D eigenvalue weighted by molar-refractivity contribution is 5.25. The molecular formula is C75H148. The first-order valence-corrected chi connectivity index (χ1v) is 35.4. The number of rotatable bonds is 2. The Kier molecular flexibility index (Phi) is 61.4. The van der Waals surface area contributed by atoms with Crippen molar-refractivity contribution in [2.75, 3.05) is 0 Å². The molecule has 0 nitrogen and oxygen atoms in total. The topological polar surface area (TPSA) is 0 Å². The summed E-state index contributed by atoms with van der Waals surface area (Å²) in [5.41, 5.74) is 1.69. The monoisotopic (exact) mass is 1050 g/mol. The van der Waals surface area contributed by atoms with E-state index >= 15 is 0 Å². The maximum atomic E-state index is 2.52. The van der Waals surface area contributed by atoms with E-state index in [1.54, 1.807) is 63.4 Å². The van der Waals surface area contributed by atoms with Gasteiger partial charge in [-0.05, 0) is 192 Å². The summed E-state index contributed by atoms with van der Waals surface area (Å²) in [6, 6.07) is 0. The zero-order valence-corrected chi connectivity index (χ0v) is 56.6. The average molecular weight is 1050 g/mol. The zero-order chi connectivity index (χ0) is 57.8. The molecular weight excluding hydrogens is 901 g/mol. The molecule has 0 aromatic rings. The number of hydrogen-bond donors (Lipinski definition) is 0. The molecule has 0 heterocycles. The van der Waals surface area contributed by atoms with Crippen LogP contribution in [0.25, 0.3) is 0 Å². The Morgan fingerprint density at radius 2 is 0.853 bits per heavy atom. The number of allylic oxidation sites excluding steroid dienone is 10. The van der Waals surface area contributed by atoms with Crippen molar-refractivity contribution in [2.45, 2.75) is 339 Å². The Bertz CT molecular complexity index is 1230. The van der Waals surface area contributed by atoms with Crippen molar-refractivity contribution in [3.8, 4) is 0 Å². The summed E-state index contributed by atoms with van der Waals surface area (Å²) in [7, 11) is 0. The van der Waals surface area contributed by atoms with E-state index in [4.69, 9.17) is 0 Å². The fraction of sp³-hybridized carbons (Fsp3) is 0.867. The van der Waals surface area contributed by atoms with E-state index in [9.17, 15) is 0 Å². The van der Waals surface area contributed by atoms with Crippen molar-refractivity contribution in [2.24, 2.45) is 82.9 Å². The van der Waals surface area contributed by atoms with Crippen molar-refractivity contribution >= 4 is 0 Å². The highest BCUT2D eigenvalue weighted by atomic mass is 14.4. The minimum absolute atomic E-state index is 0.827. The van der Waals surface area contributed by atoms with Crippen LogP contribution in [0.15, 0.2) is 60.3 Å². The number of hydrogen-bond acceptors (Lipinski definition) is 0. The van der Waals surface area contributed by atoms with E-state index in [1.165, 1.54) is 134 Å². The molecule has 75 heavy (non-hydrogen) atoms. The Balaban J connectivity index is -0.000000380. The maximum Gasteiger partial charge on any atom is -0.00173 e. The van der Waals surface area contributed by atoms with Gasteiger partial charge in [-0.3, -0.25) is 0 Å². The molecule has 448 valence electrons. The lowest BCUT2D eigenvalue weighted by molar-refractivity contribution is 0.229. The van der Waals surface area contributed by atoms with Crippen molar-refractivity contribution in [1.29, 1.82) is 0 Å². The molecule has 0 saturated heterocycles. The highest BCUT2D eigenvalue weighted by Crippen LogP contribution is 2.47. The third-order valence-corrected chi connectivity index (χ3v) is 17.6. The lowest BCUT2D eigenvalue weighted by atomic mass is 9.71. The Morgan fingerprint density at radius 1 is 0.373 bits per heavy atom. The van der Waals surface area contributed by atoms with Gasteiger partial charge in [0.15, 0.2) is 0 Å². The van der Waals surface area contributed by atoms with Gasteiger partial charge in [0.1, 0.15) is 0 Å². The molecule has 0 spiro atoms. The standard InChI is InChI=1S/C12H20.C11H16.C9H16.C9H14.C7H12.C7H10.10C2H6/c1-2-10-7-8-11-5-3-4-6-12(11)9-10;1-2-9-6-7-10-4-3-5-11(10)8-9;1-7-5-8-3-2-4-9(8)6-7;1-2-5-9-7-3-6-8(9)4-1;2*1-2-7-4-3-6(1)5-7;10*1-2/h7-8,10-12H,2-6,9H2,1H3;3,5,7,9,11H,2,4,6,8H2,1H3;7-9H,2-6H2,1H3;1,4,8-9H,2-3,5-7H2;6-7H,1-5H2;1-2,6-7H,3-5H2;10*1-2H3. The Hall–Kier alpha value is -1.30. The Morgan fingerprint density at radius 3 is 1.31 bits per heavy atom. The molecule has 0 amide bonds. The van der Waals surface area contributed by atoms with Crippen LogP contribution >= 0.6 is 0 Å². The molecule has 7 fully saturated rings. The molecule has 0 aromatic carbocycles. The van der Waals surface area contributed by atoms with Crippen molar-refractivity contribution in [3.05, 3.63) is 60.3 Å². The summed E-state index contributed by atoms with van der Waals surface area (Å²) >= 11 is 0. The predicted octanol–water partition coefficient (Wildman–Crippen LogP) is 27.1. The van der Waals surface area contributed by atoms with Crippen LogP contribution in [0.1, 0.15) is 339 Å². The van der Waals surface area contributed by atoms with Gasteiger partial charge in [-0.1, -0.05) is 290 Å². The molecule has 12 aliphatic carbocycles. The van der Waals surface area contributed by atoms with Gasteiger partial charge in [-0.25, -0.2) is 0 Å². The van der Waals surface area contributed by atoms with Crippen LogP contribution in [0.2, 0.25) is 0 Å². The summed E-state index contributed by atoms with van der Waals surface area (Å²) in [4.78, 5) is 0. The minimum Gasteiger partial charge on any atom is -0.0882 e. The van der Waals surface area contributed by atoms with Crippen LogP contribution in [-0.2, 0) is 0 Å². The second kappa shape index (κ2) is 57.4. The maximum absolute atomic E-state index is 2.52. The largest absolute Gasteiger partial charge is 0.0882 e. The Labute approximate surface area is 479 Å². The van der Waals surface area contributed by atoms with Crippen molar-refractivity contribution in [1.82, 2.24) is 0 Å². The molecule has 0 heteroatoms. The van der Waals surface area contributed by atoms with Gasteiger partial charge in [0.2, 0.25) is 0 Å². The summed E-state index contributed by atoms with van der Waals surface area (Å²) in [6.45, 7) is 47.0. The van der Waals surface area contributed by atoms with Crippen LogP contribution < -0.4 is 0 Å². The van der Waals surface area contributed by atoms with Gasteiger partial charge in [0.05, 0.1) is 0 Å². The quantitative estimate of drug-likeness (QED) is 0.242. The van der Waals surface area contributed by atoms with Crippen molar-refractivity contribution in [3.63, 3.8) is 0 Å². The normalized spacial score (nSPS) is 32.1. The smallest absolute Gasteiger partial charge is 0.00173 e. The molecule has 0 radical (unpaired) electrons. The lowest BCUT2D eigenvalue weighted by Gasteiger charge is -2.35. The van der Waals surface area contributed by atoms with Crippen LogP contribution in [0.5, 0.6) is 0 Å². The van der Waals surface area contributed by atoms with Crippen molar-refractivity contribution < 1.29 is 0 Å². The molecule has 7 saturated carbocycles. The zero-order valence-electron chi connectivity index (χ0n) is 56.6. The summed E-state index contributed by atoms with van der Waals surface area (Å²) in [5, 5.41) is 0. The molecule has 0 aromatic heterocycles. The molecule has 12 rings (SSSR count). The van der Waals surface area contributed by atoms with Gasteiger partial charge >= 0.3 is 0 Å². The minimum atomic E-state index is 0.827. The molecule has 4 bridgehead atoms. The molecule has 11 unspecified atom stereocenters. The van der Waals surface area contributed by atoms with Gasteiger partial charge in [0, 0.05) is 0 Å². The van der Waals surface area contributed by atoms with E-state index in [-0.39, 0.29) is 0 Å². The van der Waals surface area contributed by atoms with E-state index in [1.807, 2.05) is 138 Å². The van der Waals surface area contributed by atoms with Crippen LogP contribution in [0.4, 0.5) is 0 Å². The first-order valence-electron chi connectivity index (χ1n) is 35.4. The summed E-state index contributed by atoms with van der Waals surface area (Å²) < 4.78 is 0. The third-order valence-electron chi connectivity index (χ3n) is 17.6. The second-order valence-electron chi connectivity index (χ2n) is 21.5. The van der Waals surface area contributed by atoms with E-state index in [0.717, 1.165) is 71.0 Å². The molecule has 0 N–H and O–H groups in total. The van der Waals surface area contributed by atoms with Crippen LogP contribution in [-0.4, -0.2) is 0 Å². The predicted molar refractivity (Wildman–Crippen MR) is 353 cm³/mol. The number of fused-ring (bicyclic) bond motifs is 8. The fourth-order valence-corrected chi connectivity index (χ4v) is 14.1. The third kappa shape index (κ3) is 33.1. The average Bonchev–Trinajstić information content (AvgIpc) is 4.40. The first-order chi connectivity index (χ1) is 37.0.